The number of carbonyl (C=O) groups excluding carboxylic acids is 1. The van der Waals surface area contributed by atoms with Crippen molar-refractivity contribution < 1.29 is 13.6 Å². The number of halogens is 2. The molecule has 0 aliphatic heterocycles. The molecule has 2 aromatic rings. The highest BCUT2D eigenvalue weighted by Gasteiger charge is 2.06. The molecule has 0 atom stereocenters. The van der Waals surface area contributed by atoms with E-state index in [9.17, 15) is 13.6 Å². The summed E-state index contributed by atoms with van der Waals surface area (Å²) >= 11 is 0. The molecular formula is C13H13F2N3O. The highest BCUT2D eigenvalue weighted by molar-refractivity contribution is 5.76. The molecule has 19 heavy (non-hydrogen) atoms. The van der Waals surface area contributed by atoms with Gasteiger partial charge in [-0.1, -0.05) is 6.07 Å². The van der Waals surface area contributed by atoms with Gasteiger partial charge in [-0.05, 0) is 24.1 Å². The first-order valence-corrected chi connectivity index (χ1v) is 5.84. The van der Waals surface area contributed by atoms with Crippen LogP contribution < -0.4 is 5.32 Å². The molecule has 0 saturated carbocycles. The summed E-state index contributed by atoms with van der Waals surface area (Å²) in [4.78, 5) is 18.4. The number of aromatic amines is 1. The first kappa shape index (κ1) is 13.2. The van der Waals surface area contributed by atoms with Gasteiger partial charge in [0.2, 0.25) is 5.91 Å². The molecule has 0 unspecified atom stereocenters. The van der Waals surface area contributed by atoms with Crippen LogP contribution in [0.3, 0.4) is 0 Å². The van der Waals surface area contributed by atoms with E-state index in [1.165, 1.54) is 6.07 Å². The summed E-state index contributed by atoms with van der Waals surface area (Å²) in [5.74, 6) is -1.28. The van der Waals surface area contributed by atoms with Gasteiger partial charge in [-0.2, -0.15) is 0 Å². The highest BCUT2D eigenvalue weighted by atomic mass is 19.2. The van der Waals surface area contributed by atoms with Gasteiger partial charge in [0.15, 0.2) is 11.6 Å². The quantitative estimate of drug-likeness (QED) is 0.868. The number of hydrogen-bond acceptors (Lipinski definition) is 2. The van der Waals surface area contributed by atoms with Crippen LogP contribution in [0.1, 0.15) is 17.8 Å². The third-order valence-corrected chi connectivity index (χ3v) is 2.63. The van der Waals surface area contributed by atoms with Gasteiger partial charge in [0, 0.05) is 18.8 Å². The van der Waals surface area contributed by atoms with Gasteiger partial charge in [-0.3, -0.25) is 4.79 Å². The maximum atomic E-state index is 12.9. The van der Waals surface area contributed by atoms with Crippen molar-refractivity contribution in [2.75, 3.05) is 0 Å². The first-order chi connectivity index (χ1) is 9.15. The molecule has 0 spiro atoms. The lowest BCUT2D eigenvalue weighted by atomic mass is 10.1. The minimum absolute atomic E-state index is 0.166. The molecule has 2 N–H and O–H groups in total. The zero-order valence-electron chi connectivity index (χ0n) is 10.1. The van der Waals surface area contributed by atoms with Crippen molar-refractivity contribution in [3.05, 3.63) is 53.6 Å². The Morgan fingerprint density at radius 2 is 2.16 bits per heavy atom. The summed E-state index contributed by atoms with van der Waals surface area (Å²) in [6.45, 7) is 0.323. The lowest BCUT2D eigenvalue weighted by molar-refractivity contribution is -0.121. The van der Waals surface area contributed by atoms with Crippen molar-refractivity contribution in [2.45, 2.75) is 19.4 Å². The molecule has 6 heteroatoms. The van der Waals surface area contributed by atoms with Gasteiger partial charge in [0.25, 0.3) is 0 Å². The number of nitrogens with one attached hydrogen (secondary N) is 2. The SMILES string of the molecule is O=C(CCc1ccc(F)c(F)c1)NCc1ncc[nH]1. The number of aromatic nitrogens is 2. The maximum Gasteiger partial charge on any atom is 0.220 e. The van der Waals surface area contributed by atoms with E-state index in [1.807, 2.05) is 0 Å². The van der Waals surface area contributed by atoms with E-state index in [0.29, 0.717) is 24.4 Å². The topological polar surface area (TPSA) is 57.8 Å². The summed E-state index contributed by atoms with van der Waals surface area (Å²) in [6, 6.07) is 3.64. The number of nitrogens with zero attached hydrogens (tertiary/aromatic N) is 1. The Bertz CT molecular complexity index is 555. The lowest BCUT2D eigenvalue weighted by Crippen LogP contribution is -2.23. The zero-order chi connectivity index (χ0) is 13.7. The first-order valence-electron chi connectivity index (χ1n) is 5.84. The average molecular weight is 265 g/mol. The van der Waals surface area contributed by atoms with Gasteiger partial charge in [0.05, 0.1) is 6.54 Å². The predicted octanol–water partition coefficient (Wildman–Crippen LogP) is 1.94. The molecule has 0 saturated heterocycles. The Morgan fingerprint density at radius 1 is 1.32 bits per heavy atom. The molecule has 0 fully saturated rings. The van der Waals surface area contributed by atoms with E-state index in [4.69, 9.17) is 0 Å². The monoisotopic (exact) mass is 265 g/mol. The number of rotatable bonds is 5. The van der Waals surface area contributed by atoms with E-state index >= 15 is 0 Å². The number of imidazole rings is 1. The molecule has 0 aliphatic carbocycles. The molecule has 0 aliphatic rings. The fourth-order valence-corrected chi connectivity index (χ4v) is 1.62. The van der Waals surface area contributed by atoms with Gasteiger partial charge < -0.3 is 10.3 Å². The molecule has 1 aromatic carbocycles. The second-order valence-corrected chi connectivity index (χ2v) is 4.06. The zero-order valence-corrected chi connectivity index (χ0v) is 10.1. The van der Waals surface area contributed by atoms with Crippen LogP contribution in [0, 0.1) is 11.6 Å². The second-order valence-electron chi connectivity index (χ2n) is 4.06. The van der Waals surface area contributed by atoms with Crippen LogP contribution in [0.25, 0.3) is 0 Å². The fraction of sp³-hybridized carbons (Fsp3) is 0.231. The number of aryl methyl sites for hydroxylation is 1. The van der Waals surface area contributed by atoms with Crippen LogP contribution >= 0.6 is 0 Å². The lowest BCUT2D eigenvalue weighted by Gasteiger charge is -2.04. The molecular weight excluding hydrogens is 252 g/mol. The van der Waals surface area contributed by atoms with Crippen LogP contribution in [0.2, 0.25) is 0 Å². The van der Waals surface area contributed by atoms with Crippen molar-refractivity contribution in [1.29, 1.82) is 0 Å². The van der Waals surface area contributed by atoms with Crippen LogP contribution in [-0.2, 0) is 17.8 Å². The van der Waals surface area contributed by atoms with Crippen molar-refractivity contribution >= 4 is 5.91 Å². The Hall–Kier alpha value is -2.24. The molecule has 1 amide bonds. The Labute approximate surface area is 108 Å². The van der Waals surface area contributed by atoms with Crippen molar-refractivity contribution in [2.24, 2.45) is 0 Å². The van der Waals surface area contributed by atoms with Gasteiger partial charge in [0.1, 0.15) is 5.82 Å². The normalized spacial score (nSPS) is 10.4. The Morgan fingerprint density at radius 3 is 2.84 bits per heavy atom. The maximum absolute atomic E-state index is 12.9. The minimum atomic E-state index is -0.895. The molecule has 1 heterocycles. The third-order valence-electron chi connectivity index (χ3n) is 2.63. The number of benzene rings is 1. The number of H-pyrrole nitrogens is 1. The van der Waals surface area contributed by atoms with E-state index in [0.717, 1.165) is 12.1 Å². The third kappa shape index (κ3) is 3.87. The van der Waals surface area contributed by atoms with Crippen molar-refractivity contribution in [3.63, 3.8) is 0 Å². The summed E-state index contributed by atoms with van der Waals surface area (Å²) in [7, 11) is 0. The van der Waals surface area contributed by atoms with E-state index in [1.54, 1.807) is 12.4 Å². The average Bonchev–Trinajstić information content (AvgIpc) is 2.91. The van der Waals surface area contributed by atoms with Crippen LogP contribution in [-0.4, -0.2) is 15.9 Å². The molecule has 2 rings (SSSR count). The van der Waals surface area contributed by atoms with Crippen LogP contribution in [0.5, 0.6) is 0 Å². The Kier molecular flexibility index (Phi) is 4.22. The molecule has 1 aromatic heterocycles. The van der Waals surface area contributed by atoms with Gasteiger partial charge in [-0.15, -0.1) is 0 Å². The van der Waals surface area contributed by atoms with Gasteiger partial charge in [-0.25, -0.2) is 13.8 Å². The number of hydrogen-bond donors (Lipinski definition) is 2. The summed E-state index contributed by atoms with van der Waals surface area (Å²) < 4.78 is 25.7. The molecule has 100 valence electrons. The predicted molar refractivity (Wildman–Crippen MR) is 65.1 cm³/mol. The largest absolute Gasteiger partial charge is 0.349 e. The second kappa shape index (κ2) is 6.08. The van der Waals surface area contributed by atoms with E-state index < -0.39 is 11.6 Å². The molecule has 4 nitrogen and oxygen atoms in total. The van der Waals surface area contributed by atoms with Crippen molar-refractivity contribution in [1.82, 2.24) is 15.3 Å². The summed E-state index contributed by atoms with van der Waals surface area (Å²) in [6.07, 6.45) is 3.85. The van der Waals surface area contributed by atoms with Crippen molar-refractivity contribution in [3.8, 4) is 0 Å². The van der Waals surface area contributed by atoms with E-state index in [-0.39, 0.29) is 12.3 Å². The van der Waals surface area contributed by atoms with Crippen LogP contribution in [0.4, 0.5) is 8.78 Å². The van der Waals surface area contributed by atoms with Crippen LogP contribution in [0.15, 0.2) is 30.6 Å². The Balaban J connectivity index is 1.78. The smallest absolute Gasteiger partial charge is 0.220 e. The standard InChI is InChI=1S/C13H13F2N3O/c14-10-3-1-9(7-11(10)15)2-4-13(19)18-8-12-16-5-6-17-12/h1,3,5-7H,2,4,8H2,(H,16,17)(H,18,19). The van der Waals surface area contributed by atoms with E-state index in [2.05, 4.69) is 15.3 Å². The highest BCUT2D eigenvalue weighted by Crippen LogP contribution is 2.10. The molecule has 0 radical (unpaired) electrons. The fourth-order valence-electron chi connectivity index (χ4n) is 1.62. The summed E-state index contributed by atoms with van der Waals surface area (Å²) in [5, 5.41) is 2.68. The summed E-state index contributed by atoms with van der Waals surface area (Å²) in [5.41, 5.74) is 0.590. The molecule has 0 bridgehead atoms. The number of carbonyl (C=O) groups is 1. The minimum Gasteiger partial charge on any atom is -0.349 e. The van der Waals surface area contributed by atoms with Gasteiger partial charge >= 0.3 is 0 Å². The number of amides is 1.